The van der Waals surface area contributed by atoms with Gasteiger partial charge >= 0.3 is 0 Å². The molecule has 100 valence electrons. The molecule has 0 saturated carbocycles. The smallest absolute Gasteiger partial charge is 0.139 e. The minimum Gasteiger partial charge on any atom is -0.399 e. The summed E-state index contributed by atoms with van der Waals surface area (Å²) in [6.07, 6.45) is 5.42. The van der Waals surface area contributed by atoms with Crippen LogP contribution in [0.4, 0.5) is 11.5 Å². The lowest BCUT2D eigenvalue weighted by Gasteiger charge is -2.22. The van der Waals surface area contributed by atoms with Crippen molar-refractivity contribution >= 4 is 22.4 Å². The molecule has 1 saturated heterocycles. The molecule has 0 spiro atoms. The third-order valence-electron chi connectivity index (χ3n) is 3.95. The maximum atomic E-state index is 5.90. The van der Waals surface area contributed by atoms with Crippen LogP contribution in [0.25, 0.3) is 10.9 Å². The van der Waals surface area contributed by atoms with Gasteiger partial charge in [-0.15, -0.1) is 0 Å². The van der Waals surface area contributed by atoms with E-state index in [4.69, 9.17) is 5.73 Å². The van der Waals surface area contributed by atoms with Crippen LogP contribution in [0.15, 0.2) is 24.5 Å². The SMILES string of the molecule is CC1CCCN(c2ncnc3ccc(N)cc23)CC1. The van der Waals surface area contributed by atoms with Gasteiger partial charge in [0.1, 0.15) is 12.1 Å². The highest BCUT2D eigenvalue weighted by molar-refractivity contribution is 5.91. The van der Waals surface area contributed by atoms with Gasteiger partial charge < -0.3 is 10.6 Å². The number of hydrogen-bond donors (Lipinski definition) is 1. The van der Waals surface area contributed by atoms with Gasteiger partial charge in [-0.3, -0.25) is 0 Å². The Kier molecular flexibility index (Phi) is 3.23. The molecular formula is C15H20N4. The Bertz CT molecular complexity index is 581. The van der Waals surface area contributed by atoms with Gasteiger partial charge in [-0.1, -0.05) is 6.92 Å². The number of hydrogen-bond acceptors (Lipinski definition) is 4. The second-order valence-electron chi connectivity index (χ2n) is 5.50. The molecule has 2 N–H and O–H groups in total. The number of nitrogens with zero attached hydrogens (tertiary/aromatic N) is 3. The quantitative estimate of drug-likeness (QED) is 0.797. The molecule has 0 bridgehead atoms. The van der Waals surface area contributed by atoms with Crippen LogP contribution < -0.4 is 10.6 Å². The number of aromatic nitrogens is 2. The normalized spacial score (nSPS) is 20.5. The van der Waals surface area contributed by atoms with Crippen LogP contribution in [0.3, 0.4) is 0 Å². The predicted octanol–water partition coefficient (Wildman–Crippen LogP) is 2.84. The number of nitrogen functional groups attached to an aromatic ring is 1. The van der Waals surface area contributed by atoms with E-state index < -0.39 is 0 Å². The standard InChI is InChI=1S/C15H20N4/c1-11-3-2-7-19(8-6-11)15-13-9-12(16)4-5-14(13)17-10-18-15/h4-5,9-11H,2-3,6-8,16H2,1H3. The van der Waals surface area contributed by atoms with Crippen LogP contribution in [0.2, 0.25) is 0 Å². The van der Waals surface area contributed by atoms with Gasteiger partial charge in [0.2, 0.25) is 0 Å². The summed E-state index contributed by atoms with van der Waals surface area (Å²) in [5.74, 6) is 1.84. The minimum atomic E-state index is 0.770. The number of fused-ring (bicyclic) bond motifs is 1. The third-order valence-corrected chi connectivity index (χ3v) is 3.95. The summed E-state index contributed by atoms with van der Waals surface area (Å²) < 4.78 is 0. The van der Waals surface area contributed by atoms with Gasteiger partial charge in [-0.05, 0) is 43.4 Å². The molecule has 1 aliphatic heterocycles. The van der Waals surface area contributed by atoms with Crippen LogP contribution in [-0.2, 0) is 0 Å². The van der Waals surface area contributed by atoms with Gasteiger partial charge in [0.15, 0.2) is 0 Å². The first kappa shape index (κ1) is 12.2. The molecule has 1 fully saturated rings. The van der Waals surface area contributed by atoms with E-state index in [1.807, 2.05) is 18.2 Å². The second kappa shape index (κ2) is 5.03. The summed E-state index contributed by atoms with van der Waals surface area (Å²) in [5, 5.41) is 1.07. The van der Waals surface area contributed by atoms with Crippen LogP contribution in [0.1, 0.15) is 26.2 Å². The van der Waals surface area contributed by atoms with Crippen molar-refractivity contribution in [1.29, 1.82) is 0 Å². The van der Waals surface area contributed by atoms with Crippen molar-refractivity contribution in [2.75, 3.05) is 23.7 Å². The molecule has 1 unspecified atom stereocenters. The van der Waals surface area contributed by atoms with Crippen LogP contribution in [0.5, 0.6) is 0 Å². The zero-order valence-corrected chi connectivity index (χ0v) is 11.3. The summed E-state index contributed by atoms with van der Waals surface area (Å²) in [4.78, 5) is 11.2. The molecule has 4 nitrogen and oxygen atoms in total. The summed E-state index contributed by atoms with van der Waals surface area (Å²) in [6.45, 7) is 4.48. The first-order valence-corrected chi connectivity index (χ1v) is 6.99. The van der Waals surface area contributed by atoms with Crippen molar-refractivity contribution in [3.63, 3.8) is 0 Å². The van der Waals surface area contributed by atoms with Gasteiger partial charge in [-0.2, -0.15) is 0 Å². The van der Waals surface area contributed by atoms with E-state index in [-0.39, 0.29) is 0 Å². The highest BCUT2D eigenvalue weighted by Crippen LogP contribution is 2.27. The first-order valence-electron chi connectivity index (χ1n) is 6.99. The summed E-state index contributed by atoms with van der Waals surface area (Å²) >= 11 is 0. The molecule has 19 heavy (non-hydrogen) atoms. The molecule has 0 amide bonds. The molecule has 4 heteroatoms. The number of rotatable bonds is 1. The third kappa shape index (κ3) is 2.48. The summed E-state index contributed by atoms with van der Waals surface area (Å²) in [6, 6.07) is 5.85. The molecule has 1 aliphatic rings. The zero-order chi connectivity index (χ0) is 13.2. The Morgan fingerprint density at radius 3 is 3.00 bits per heavy atom. The van der Waals surface area contributed by atoms with E-state index in [2.05, 4.69) is 21.8 Å². The van der Waals surface area contributed by atoms with Gasteiger partial charge in [0.25, 0.3) is 0 Å². The van der Waals surface area contributed by atoms with Crippen molar-refractivity contribution in [1.82, 2.24) is 9.97 Å². The van der Waals surface area contributed by atoms with Crippen molar-refractivity contribution in [2.24, 2.45) is 5.92 Å². The Morgan fingerprint density at radius 2 is 2.11 bits per heavy atom. The molecule has 2 aromatic rings. The maximum absolute atomic E-state index is 5.90. The molecule has 3 rings (SSSR count). The van der Waals surface area contributed by atoms with E-state index in [9.17, 15) is 0 Å². The molecular weight excluding hydrogens is 236 g/mol. The minimum absolute atomic E-state index is 0.770. The second-order valence-corrected chi connectivity index (χ2v) is 5.50. The molecule has 1 atom stereocenters. The maximum Gasteiger partial charge on any atom is 0.139 e. The van der Waals surface area contributed by atoms with Crippen LogP contribution in [-0.4, -0.2) is 23.1 Å². The highest BCUT2D eigenvalue weighted by Gasteiger charge is 2.17. The van der Waals surface area contributed by atoms with Gasteiger partial charge in [-0.25, -0.2) is 9.97 Å². The fraction of sp³-hybridized carbons (Fsp3) is 0.467. The molecule has 2 heterocycles. The van der Waals surface area contributed by atoms with Gasteiger partial charge in [0, 0.05) is 24.2 Å². The van der Waals surface area contributed by atoms with E-state index in [0.29, 0.717) is 0 Å². The fourth-order valence-corrected chi connectivity index (χ4v) is 2.79. The fourth-order valence-electron chi connectivity index (χ4n) is 2.79. The Morgan fingerprint density at radius 1 is 1.21 bits per heavy atom. The number of nitrogens with two attached hydrogens (primary N) is 1. The largest absolute Gasteiger partial charge is 0.399 e. The van der Waals surface area contributed by atoms with Gasteiger partial charge in [0.05, 0.1) is 5.52 Å². The predicted molar refractivity (Wildman–Crippen MR) is 79.2 cm³/mol. The summed E-state index contributed by atoms with van der Waals surface area (Å²) in [5.41, 5.74) is 7.64. The average molecular weight is 256 g/mol. The lowest BCUT2D eigenvalue weighted by molar-refractivity contribution is 0.521. The van der Waals surface area contributed by atoms with Crippen molar-refractivity contribution in [3.05, 3.63) is 24.5 Å². The topological polar surface area (TPSA) is 55.0 Å². The van der Waals surface area contributed by atoms with E-state index in [0.717, 1.165) is 41.4 Å². The van der Waals surface area contributed by atoms with Crippen LogP contribution >= 0.6 is 0 Å². The monoisotopic (exact) mass is 256 g/mol. The Hall–Kier alpha value is -1.84. The lowest BCUT2D eigenvalue weighted by atomic mass is 10.0. The average Bonchev–Trinajstić information content (AvgIpc) is 2.63. The zero-order valence-electron chi connectivity index (χ0n) is 11.3. The van der Waals surface area contributed by atoms with E-state index in [1.54, 1.807) is 6.33 Å². The van der Waals surface area contributed by atoms with Crippen molar-refractivity contribution in [3.8, 4) is 0 Å². The lowest BCUT2D eigenvalue weighted by Crippen LogP contribution is -2.25. The Balaban J connectivity index is 2.01. The van der Waals surface area contributed by atoms with Crippen LogP contribution in [0, 0.1) is 5.92 Å². The number of benzene rings is 1. The molecule has 1 aromatic carbocycles. The summed E-state index contributed by atoms with van der Waals surface area (Å²) in [7, 11) is 0. The molecule has 0 aliphatic carbocycles. The van der Waals surface area contributed by atoms with E-state index in [1.165, 1.54) is 19.3 Å². The molecule has 1 aromatic heterocycles. The van der Waals surface area contributed by atoms with Crippen molar-refractivity contribution in [2.45, 2.75) is 26.2 Å². The number of anilines is 2. The van der Waals surface area contributed by atoms with E-state index >= 15 is 0 Å². The Labute approximate surface area is 113 Å². The first-order chi connectivity index (χ1) is 9.24. The van der Waals surface area contributed by atoms with Crippen molar-refractivity contribution < 1.29 is 0 Å². The highest BCUT2D eigenvalue weighted by atomic mass is 15.2. The molecule has 0 radical (unpaired) electrons.